The number of rotatable bonds is 4. The Kier molecular flexibility index (Phi) is 4.55. The number of nitrogens with zero attached hydrogens (tertiary/aromatic N) is 3. The molecule has 1 atom stereocenters. The molecule has 6 heteroatoms. The smallest absolute Gasteiger partial charge is 0.249 e. The first kappa shape index (κ1) is 16.5. The molecule has 0 bridgehead atoms. The van der Waals surface area contributed by atoms with Crippen LogP contribution in [0.4, 0.5) is 15.8 Å². The van der Waals surface area contributed by atoms with Gasteiger partial charge in [-0.15, -0.1) is 0 Å². The van der Waals surface area contributed by atoms with Crippen LogP contribution in [0.25, 0.3) is 0 Å². The minimum atomic E-state index is -0.510. The van der Waals surface area contributed by atoms with Gasteiger partial charge in [0.05, 0.1) is 11.4 Å². The van der Waals surface area contributed by atoms with E-state index in [1.54, 1.807) is 17.7 Å². The van der Waals surface area contributed by atoms with Crippen LogP contribution >= 0.6 is 0 Å². The van der Waals surface area contributed by atoms with E-state index in [1.807, 2.05) is 26.0 Å². The van der Waals surface area contributed by atoms with Crippen LogP contribution in [-0.4, -0.2) is 28.8 Å². The van der Waals surface area contributed by atoms with Crippen molar-refractivity contribution in [3.63, 3.8) is 0 Å². The van der Waals surface area contributed by atoms with Crippen molar-refractivity contribution < 1.29 is 9.18 Å². The molecule has 1 aromatic heterocycles. The molecule has 1 amide bonds. The summed E-state index contributed by atoms with van der Waals surface area (Å²) in [5.41, 5.74) is 2.78. The lowest BCUT2D eigenvalue weighted by Crippen LogP contribution is -2.27. The summed E-state index contributed by atoms with van der Waals surface area (Å²) in [7, 11) is 0. The molecule has 2 aromatic rings. The molecule has 0 radical (unpaired) electrons. The second-order valence-electron chi connectivity index (χ2n) is 6.37. The van der Waals surface area contributed by atoms with Gasteiger partial charge in [-0.3, -0.25) is 9.48 Å². The lowest BCUT2D eigenvalue weighted by atomic mass is 10.2. The summed E-state index contributed by atoms with van der Waals surface area (Å²) < 4.78 is 16.0. The first-order chi connectivity index (χ1) is 11.5. The van der Waals surface area contributed by atoms with E-state index in [4.69, 9.17) is 0 Å². The highest BCUT2D eigenvalue weighted by Crippen LogP contribution is 2.31. The third kappa shape index (κ3) is 3.13. The van der Waals surface area contributed by atoms with E-state index in [2.05, 4.69) is 15.3 Å². The quantitative estimate of drug-likeness (QED) is 0.934. The molecule has 1 fully saturated rings. The number of benzene rings is 1. The van der Waals surface area contributed by atoms with E-state index in [0.717, 1.165) is 43.0 Å². The standard InChI is InChI=1S/C18H23FN4O/c1-12-11-13(2)23(21-12)14(3)18(24)20-17-15(19)7-6-8-16(17)22-9-4-5-10-22/h6-8,11,14H,4-5,9-10H2,1-3H3,(H,20,24). The van der Waals surface area contributed by atoms with Crippen LogP contribution in [0.5, 0.6) is 0 Å². The van der Waals surface area contributed by atoms with Crippen LogP contribution in [0.15, 0.2) is 24.3 Å². The average Bonchev–Trinajstić information content (AvgIpc) is 3.18. The molecule has 1 aliphatic heterocycles. The monoisotopic (exact) mass is 330 g/mol. The van der Waals surface area contributed by atoms with Gasteiger partial charge in [0.25, 0.3) is 0 Å². The van der Waals surface area contributed by atoms with Crippen LogP contribution < -0.4 is 10.2 Å². The van der Waals surface area contributed by atoms with Gasteiger partial charge < -0.3 is 10.2 Å². The molecule has 1 aliphatic rings. The van der Waals surface area contributed by atoms with E-state index in [1.165, 1.54) is 6.07 Å². The highest BCUT2D eigenvalue weighted by Gasteiger charge is 2.23. The van der Waals surface area contributed by atoms with Gasteiger partial charge in [-0.2, -0.15) is 5.10 Å². The summed E-state index contributed by atoms with van der Waals surface area (Å²) in [6, 6.07) is 6.33. The normalized spacial score (nSPS) is 15.6. The third-order valence-electron chi connectivity index (χ3n) is 4.48. The van der Waals surface area contributed by atoms with Gasteiger partial charge >= 0.3 is 0 Å². The predicted octanol–water partition coefficient (Wildman–Crippen LogP) is 3.44. The van der Waals surface area contributed by atoms with Crippen LogP contribution in [-0.2, 0) is 4.79 Å². The number of para-hydroxylation sites is 1. The second kappa shape index (κ2) is 6.63. The maximum Gasteiger partial charge on any atom is 0.249 e. The summed E-state index contributed by atoms with van der Waals surface area (Å²) in [6.07, 6.45) is 2.18. The minimum absolute atomic E-state index is 0.262. The first-order valence-corrected chi connectivity index (χ1v) is 8.34. The summed E-state index contributed by atoms with van der Waals surface area (Å²) in [4.78, 5) is 14.8. The lowest BCUT2D eigenvalue weighted by molar-refractivity contribution is -0.119. The van der Waals surface area contributed by atoms with Crippen LogP contribution in [0, 0.1) is 19.7 Å². The second-order valence-corrected chi connectivity index (χ2v) is 6.37. The van der Waals surface area contributed by atoms with Crippen molar-refractivity contribution >= 4 is 17.3 Å². The number of halogens is 1. The molecule has 1 aromatic carbocycles. The fourth-order valence-electron chi connectivity index (χ4n) is 3.23. The van der Waals surface area contributed by atoms with Gasteiger partial charge in [-0.05, 0) is 51.8 Å². The van der Waals surface area contributed by atoms with E-state index in [9.17, 15) is 9.18 Å². The van der Waals surface area contributed by atoms with Crippen LogP contribution in [0.1, 0.15) is 37.2 Å². The predicted molar refractivity (Wildman–Crippen MR) is 92.9 cm³/mol. The maximum atomic E-state index is 14.3. The SMILES string of the molecule is Cc1cc(C)n(C(C)C(=O)Nc2c(F)cccc2N2CCCC2)n1. The average molecular weight is 330 g/mol. The molecular formula is C18H23FN4O. The lowest BCUT2D eigenvalue weighted by Gasteiger charge is -2.23. The first-order valence-electron chi connectivity index (χ1n) is 8.34. The molecule has 1 unspecified atom stereocenters. The number of aryl methyl sites for hydroxylation is 2. The summed E-state index contributed by atoms with van der Waals surface area (Å²) in [5.74, 6) is -0.680. The Morgan fingerprint density at radius 3 is 2.62 bits per heavy atom. The summed E-state index contributed by atoms with van der Waals surface area (Å²) >= 11 is 0. The molecule has 3 rings (SSSR count). The number of hydrogen-bond donors (Lipinski definition) is 1. The van der Waals surface area contributed by atoms with Gasteiger partial charge in [-0.1, -0.05) is 6.07 Å². The van der Waals surface area contributed by atoms with E-state index < -0.39 is 11.9 Å². The van der Waals surface area contributed by atoms with Crippen molar-refractivity contribution in [1.82, 2.24) is 9.78 Å². The van der Waals surface area contributed by atoms with E-state index in [0.29, 0.717) is 0 Å². The molecule has 2 heterocycles. The molecule has 5 nitrogen and oxygen atoms in total. The number of anilines is 2. The topological polar surface area (TPSA) is 50.2 Å². The molecular weight excluding hydrogens is 307 g/mol. The summed E-state index contributed by atoms with van der Waals surface area (Å²) in [6.45, 7) is 7.34. The molecule has 0 spiro atoms. The molecule has 24 heavy (non-hydrogen) atoms. The summed E-state index contributed by atoms with van der Waals surface area (Å²) in [5, 5.41) is 7.12. The Hall–Kier alpha value is -2.37. The van der Waals surface area contributed by atoms with Gasteiger partial charge in [0, 0.05) is 18.8 Å². The zero-order valence-electron chi connectivity index (χ0n) is 14.3. The van der Waals surface area contributed by atoms with E-state index in [-0.39, 0.29) is 11.6 Å². The Morgan fingerprint density at radius 2 is 2.00 bits per heavy atom. The Labute approximate surface area is 141 Å². The van der Waals surface area contributed by atoms with Crippen molar-refractivity contribution in [3.05, 3.63) is 41.5 Å². The molecule has 1 saturated heterocycles. The van der Waals surface area contributed by atoms with Gasteiger partial charge in [0.2, 0.25) is 5.91 Å². The molecule has 1 N–H and O–H groups in total. The number of hydrogen-bond acceptors (Lipinski definition) is 3. The Morgan fingerprint density at radius 1 is 1.29 bits per heavy atom. The largest absolute Gasteiger partial charge is 0.370 e. The number of carbonyl (C=O) groups is 1. The highest BCUT2D eigenvalue weighted by atomic mass is 19.1. The number of aromatic nitrogens is 2. The molecule has 128 valence electrons. The zero-order valence-corrected chi connectivity index (χ0v) is 14.3. The number of nitrogens with one attached hydrogen (secondary N) is 1. The minimum Gasteiger partial charge on any atom is -0.370 e. The highest BCUT2D eigenvalue weighted by molar-refractivity contribution is 5.96. The maximum absolute atomic E-state index is 14.3. The van der Waals surface area contributed by atoms with Crippen molar-refractivity contribution in [2.45, 2.75) is 39.7 Å². The van der Waals surface area contributed by atoms with Crippen LogP contribution in [0.3, 0.4) is 0 Å². The fraction of sp³-hybridized carbons (Fsp3) is 0.444. The zero-order chi connectivity index (χ0) is 17.3. The Balaban J connectivity index is 1.85. The van der Waals surface area contributed by atoms with Crippen molar-refractivity contribution in [3.8, 4) is 0 Å². The Bertz CT molecular complexity index is 749. The fourth-order valence-corrected chi connectivity index (χ4v) is 3.23. The van der Waals surface area contributed by atoms with E-state index >= 15 is 0 Å². The number of carbonyl (C=O) groups excluding carboxylic acids is 1. The molecule has 0 saturated carbocycles. The van der Waals surface area contributed by atoms with Crippen molar-refractivity contribution in [1.29, 1.82) is 0 Å². The van der Waals surface area contributed by atoms with Crippen LogP contribution in [0.2, 0.25) is 0 Å². The van der Waals surface area contributed by atoms with Gasteiger partial charge in [-0.25, -0.2) is 4.39 Å². The number of amides is 1. The van der Waals surface area contributed by atoms with Crippen molar-refractivity contribution in [2.24, 2.45) is 0 Å². The molecule has 0 aliphatic carbocycles. The van der Waals surface area contributed by atoms with Crippen molar-refractivity contribution in [2.75, 3.05) is 23.3 Å². The van der Waals surface area contributed by atoms with Gasteiger partial charge in [0.1, 0.15) is 17.5 Å². The van der Waals surface area contributed by atoms with Gasteiger partial charge in [0.15, 0.2) is 0 Å². The third-order valence-corrected chi connectivity index (χ3v) is 4.48.